The number of anilines is 2. The zero-order valence-corrected chi connectivity index (χ0v) is 17.1. The van der Waals surface area contributed by atoms with Gasteiger partial charge in [-0.1, -0.05) is 12.1 Å². The Hall–Kier alpha value is -2.73. The lowest BCUT2D eigenvalue weighted by Crippen LogP contribution is -2.47. The Morgan fingerprint density at radius 1 is 1.07 bits per heavy atom. The van der Waals surface area contributed by atoms with E-state index in [-0.39, 0.29) is 0 Å². The van der Waals surface area contributed by atoms with E-state index in [2.05, 4.69) is 52.2 Å². The highest BCUT2D eigenvalue weighted by Crippen LogP contribution is 2.23. The second kappa shape index (κ2) is 9.46. The molecule has 0 saturated carbocycles. The average Bonchev–Trinajstić information content (AvgIpc) is 2.71. The number of rotatable bonds is 6. The molecular formula is C22H31N5O. The van der Waals surface area contributed by atoms with E-state index in [9.17, 15) is 0 Å². The number of hydrogen-bond donors (Lipinski definition) is 2. The summed E-state index contributed by atoms with van der Waals surface area (Å²) in [6, 6.07) is 14.2. The molecule has 0 aliphatic carbocycles. The maximum Gasteiger partial charge on any atom is 0.193 e. The van der Waals surface area contributed by atoms with Gasteiger partial charge in [-0.2, -0.15) is 0 Å². The van der Waals surface area contributed by atoms with Gasteiger partial charge in [0.2, 0.25) is 0 Å². The lowest BCUT2D eigenvalue weighted by molar-refractivity contribution is 0.265. The Morgan fingerprint density at radius 2 is 1.79 bits per heavy atom. The minimum Gasteiger partial charge on any atom is -0.497 e. The van der Waals surface area contributed by atoms with Gasteiger partial charge < -0.3 is 20.7 Å². The van der Waals surface area contributed by atoms with Gasteiger partial charge in [0.25, 0.3) is 0 Å². The zero-order chi connectivity index (χ0) is 19.9. The molecule has 0 amide bonds. The molecule has 1 aliphatic rings. The Bertz CT molecular complexity index is 795. The van der Waals surface area contributed by atoms with Gasteiger partial charge in [-0.05, 0) is 55.3 Å². The van der Waals surface area contributed by atoms with Crippen molar-refractivity contribution >= 4 is 17.3 Å². The summed E-state index contributed by atoms with van der Waals surface area (Å²) in [5, 5.41) is 3.12. The van der Waals surface area contributed by atoms with Gasteiger partial charge in [0.05, 0.1) is 13.7 Å². The minimum absolute atomic E-state index is 0.444. The SMILES string of the molecule is COc1ccc(NC(N)=NCCN2CCN(c3cccc(C)c3C)CC2)cc1. The van der Waals surface area contributed by atoms with Gasteiger partial charge in [0, 0.05) is 44.1 Å². The molecule has 3 N–H and O–H groups in total. The number of nitrogens with zero attached hydrogens (tertiary/aromatic N) is 3. The molecule has 28 heavy (non-hydrogen) atoms. The summed E-state index contributed by atoms with van der Waals surface area (Å²) in [5.41, 5.74) is 11.0. The first-order valence-electron chi connectivity index (χ1n) is 9.81. The van der Waals surface area contributed by atoms with E-state index in [1.54, 1.807) is 7.11 Å². The summed E-state index contributed by atoms with van der Waals surface area (Å²) in [4.78, 5) is 9.39. The number of ether oxygens (including phenoxy) is 1. The van der Waals surface area contributed by atoms with Gasteiger partial charge in [-0.3, -0.25) is 9.89 Å². The summed E-state index contributed by atoms with van der Waals surface area (Å²) in [7, 11) is 1.65. The molecule has 1 heterocycles. The van der Waals surface area contributed by atoms with Gasteiger partial charge in [-0.25, -0.2) is 0 Å². The fourth-order valence-corrected chi connectivity index (χ4v) is 3.46. The molecule has 2 aromatic carbocycles. The molecule has 1 saturated heterocycles. The van der Waals surface area contributed by atoms with Crippen LogP contribution in [0.15, 0.2) is 47.5 Å². The number of piperazine rings is 1. The number of nitrogens with one attached hydrogen (secondary N) is 1. The van der Waals surface area contributed by atoms with Crippen LogP contribution in [0.25, 0.3) is 0 Å². The van der Waals surface area contributed by atoms with E-state index in [0.717, 1.165) is 44.2 Å². The predicted octanol–water partition coefficient (Wildman–Crippen LogP) is 2.86. The zero-order valence-electron chi connectivity index (χ0n) is 17.1. The van der Waals surface area contributed by atoms with Crippen LogP contribution in [0, 0.1) is 13.8 Å². The summed E-state index contributed by atoms with van der Waals surface area (Å²) in [6.45, 7) is 10.2. The van der Waals surface area contributed by atoms with E-state index in [4.69, 9.17) is 10.5 Å². The summed E-state index contributed by atoms with van der Waals surface area (Å²) < 4.78 is 5.16. The molecule has 2 aromatic rings. The standard InChI is InChI=1S/C22H31N5O/c1-17-5-4-6-21(18(17)2)27-15-13-26(14-16-27)12-11-24-22(23)25-19-7-9-20(28-3)10-8-19/h4-10H,11-16H2,1-3H3,(H3,23,24,25). The lowest BCUT2D eigenvalue weighted by Gasteiger charge is -2.36. The Morgan fingerprint density at radius 3 is 2.46 bits per heavy atom. The van der Waals surface area contributed by atoms with Crippen molar-refractivity contribution in [2.75, 3.05) is 56.6 Å². The number of methoxy groups -OCH3 is 1. The molecule has 6 heteroatoms. The van der Waals surface area contributed by atoms with Crippen molar-refractivity contribution in [3.63, 3.8) is 0 Å². The van der Waals surface area contributed by atoms with Crippen molar-refractivity contribution in [3.8, 4) is 5.75 Å². The van der Waals surface area contributed by atoms with Crippen LogP contribution in [0.2, 0.25) is 0 Å². The van der Waals surface area contributed by atoms with Crippen molar-refractivity contribution in [2.24, 2.45) is 10.7 Å². The summed E-state index contributed by atoms with van der Waals surface area (Å²) in [5.74, 6) is 1.26. The first-order chi connectivity index (χ1) is 13.6. The third-order valence-corrected chi connectivity index (χ3v) is 5.35. The first-order valence-corrected chi connectivity index (χ1v) is 9.81. The summed E-state index contributed by atoms with van der Waals surface area (Å²) in [6.07, 6.45) is 0. The Kier molecular flexibility index (Phi) is 6.76. The van der Waals surface area contributed by atoms with Crippen molar-refractivity contribution in [3.05, 3.63) is 53.6 Å². The molecule has 0 spiro atoms. The van der Waals surface area contributed by atoms with Crippen molar-refractivity contribution < 1.29 is 4.74 Å². The molecule has 150 valence electrons. The Balaban J connectivity index is 1.43. The van der Waals surface area contributed by atoms with Crippen LogP contribution in [-0.2, 0) is 0 Å². The van der Waals surface area contributed by atoms with Crippen molar-refractivity contribution in [1.82, 2.24) is 4.90 Å². The Labute approximate surface area is 168 Å². The predicted molar refractivity (Wildman–Crippen MR) is 118 cm³/mol. The van der Waals surface area contributed by atoms with Gasteiger partial charge in [0.1, 0.15) is 5.75 Å². The monoisotopic (exact) mass is 381 g/mol. The highest BCUT2D eigenvalue weighted by Gasteiger charge is 2.18. The van der Waals surface area contributed by atoms with Gasteiger partial charge >= 0.3 is 0 Å². The molecule has 0 unspecified atom stereocenters. The maximum absolute atomic E-state index is 6.00. The van der Waals surface area contributed by atoms with Gasteiger partial charge in [0.15, 0.2) is 5.96 Å². The molecule has 0 atom stereocenters. The molecule has 0 radical (unpaired) electrons. The molecule has 1 aliphatic heterocycles. The molecular weight excluding hydrogens is 350 g/mol. The van der Waals surface area contributed by atoms with Gasteiger partial charge in [-0.15, -0.1) is 0 Å². The normalized spacial score (nSPS) is 15.5. The highest BCUT2D eigenvalue weighted by atomic mass is 16.5. The number of guanidine groups is 1. The summed E-state index contributed by atoms with van der Waals surface area (Å²) >= 11 is 0. The van der Waals surface area contributed by atoms with Crippen LogP contribution in [0.5, 0.6) is 5.75 Å². The van der Waals surface area contributed by atoms with Crippen molar-refractivity contribution in [1.29, 1.82) is 0 Å². The molecule has 1 fully saturated rings. The smallest absolute Gasteiger partial charge is 0.193 e. The maximum atomic E-state index is 6.00. The van der Waals surface area contributed by atoms with Crippen LogP contribution in [0.3, 0.4) is 0 Å². The third-order valence-electron chi connectivity index (χ3n) is 5.35. The van der Waals surface area contributed by atoms with Crippen LogP contribution in [-0.4, -0.2) is 57.2 Å². The highest BCUT2D eigenvalue weighted by molar-refractivity contribution is 5.92. The van der Waals surface area contributed by atoms with Crippen LogP contribution in [0.1, 0.15) is 11.1 Å². The van der Waals surface area contributed by atoms with E-state index in [0.29, 0.717) is 12.5 Å². The fraction of sp³-hybridized carbons (Fsp3) is 0.409. The second-order valence-corrected chi connectivity index (χ2v) is 7.17. The number of aliphatic imine (C=N–C) groups is 1. The molecule has 6 nitrogen and oxygen atoms in total. The third kappa shape index (κ3) is 5.16. The lowest BCUT2D eigenvalue weighted by atomic mass is 10.1. The van der Waals surface area contributed by atoms with Crippen LogP contribution < -0.4 is 20.7 Å². The molecule has 3 rings (SSSR count). The quantitative estimate of drug-likeness (QED) is 0.595. The van der Waals surface area contributed by atoms with Crippen LogP contribution in [0.4, 0.5) is 11.4 Å². The van der Waals surface area contributed by atoms with E-state index < -0.39 is 0 Å². The van der Waals surface area contributed by atoms with E-state index in [1.165, 1.54) is 16.8 Å². The molecule has 0 aromatic heterocycles. The number of benzene rings is 2. The second-order valence-electron chi connectivity index (χ2n) is 7.17. The van der Waals surface area contributed by atoms with E-state index >= 15 is 0 Å². The minimum atomic E-state index is 0.444. The van der Waals surface area contributed by atoms with Crippen LogP contribution >= 0.6 is 0 Å². The first kappa shape index (κ1) is 20.0. The van der Waals surface area contributed by atoms with Crippen molar-refractivity contribution in [2.45, 2.75) is 13.8 Å². The molecule has 0 bridgehead atoms. The number of hydrogen-bond acceptors (Lipinski definition) is 4. The number of nitrogens with two attached hydrogens (primary N) is 1. The average molecular weight is 382 g/mol. The topological polar surface area (TPSA) is 66.1 Å². The largest absolute Gasteiger partial charge is 0.497 e. The fourth-order valence-electron chi connectivity index (χ4n) is 3.46. The van der Waals surface area contributed by atoms with E-state index in [1.807, 2.05) is 24.3 Å². The number of aryl methyl sites for hydroxylation is 1.